The summed E-state index contributed by atoms with van der Waals surface area (Å²) in [5.74, 6) is 0.683. The molecule has 15 heavy (non-hydrogen) atoms. The lowest BCUT2D eigenvalue weighted by Crippen LogP contribution is -2.20. The van der Waals surface area contributed by atoms with Crippen LogP contribution in [0.2, 0.25) is 5.02 Å². The first-order valence-electron chi connectivity index (χ1n) is 4.37. The number of nitrogens with one attached hydrogen (secondary N) is 1. The van der Waals surface area contributed by atoms with E-state index in [1.165, 1.54) is 0 Å². The molecule has 0 fully saturated rings. The highest BCUT2D eigenvalue weighted by Gasteiger charge is 2.12. The zero-order valence-electron chi connectivity index (χ0n) is 8.85. The van der Waals surface area contributed by atoms with Gasteiger partial charge in [-0.3, -0.25) is 0 Å². The molecule has 0 heterocycles. The van der Waals surface area contributed by atoms with Crippen molar-refractivity contribution in [3.63, 3.8) is 0 Å². The zero-order valence-corrected chi connectivity index (χ0v) is 10.4. The van der Waals surface area contributed by atoms with Crippen LogP contribution in [0.1, 0.15) is 11.1 Å². The Morgan fingerprint density at radius 3 is 2.60 bits per heavy atom. The lowest BCUT2D eigenvalue weighted by atomic mass is 10.1. The third-order valence-corrected chi connectivity index (χ3v) is 2.80. The van der Waals surface area contributed by atoms with Gasteiger partial charge in [0.05, 0.1) is 12.8 Å². The summed E-state index contributed by atoms with van der Waals surface area (Å²) in [6, 6.07) is 1.84. The Hall–Kier alpha value is -1.00. The van der Waals surface area contributed by atoms with Crippen LogP contribution in [0, 0.1) is 13.8 Å². The van der Waals surface area contributed by atoms with E-state index >= 15 is 0 Å². The van der Waals surface area contributed by atoms with Gasteiger partial charge >= 0.3 is 0 Å². The first kappa shape index (κ1) is 12.1. The molecular weight excluding hydrogens is 232 g/mol. The number of ether oxygens (including phenoxy) is 1. The number of nitrogens with two attached hydrogens (primary N) is 1. The largest absolute Gasteiger partial charge is 0.495 e. The molecule has 0 saturated heterocycles. The van der Waals surface area contributed by atoms with E-state index in [2.05, 4.69) is 5.32 Å². The second kappa shape index (κ2) is 4.68. The highest BCUT2D eigenvalue weighted by Crippen LogP contribution is 2.35. The molecule has 0 saturated carbocycles. The quantitative estimate of drug-likeness (QED) is 0.786. The number of rotatable bonds is 2. The maximum atomic E-state index is 6.12. The third kappa shape index (κ3) is 2.52. The fourth-order valence-corrected chi connectivity index (χ4v) is 1.61. The standard InChI is InChI=1S/C10H13ClN2OS/c1-5-4-7(14-3)9(13-10(12)15)6(2)8(5)11/h4H,1-3H3,(H3,12,13,15). The molecule has 1 aromatic rings. The van der Waals surface area contributed by atoms with Crippen molar-refractivity contribution >= 4 is 34.6 Å². The maximum absolute atomic E-state index is 6.12. The van der Waals surface area contributed by atoms with Crippen molar-refractivity contribution in [2.24, 2.45) is 5.73 Å². The van der Waals surface area contributed by atoms with Gasteiger partial charge in [0.1, 0.15) is 5.75 Å². The summed E-state index contributed by atoms with van der Waals surface area (Å²) < 4.78 is 5.23. The Balaban J connectivity index is 3.33. The third-order valence-electron chi connectivity index (χ3n) is 2.11. The van der Waals surface area contributed by atoms with Gasteiger partial charge in [-0.1, -0.05) is 11.6 Å². The fraction of sp³-hybridized carbons (Fsp3) is 0.300. The monoisotopic (exact) mass is 244 g/mol. The van der Waals surface area contributed by atoms with Crippen LogP contribution in [0.15, 0.2) is 6.07 Å². The lowest BCUT2D eigenvalue weighted by Gasteiger charge is -2.15. The highest BCUT2D eigenvalue weighted by molar-refractivity contribution is 7.80. The summed E-state index contributed by atoms with van der Waals surface area (Å²) in [5.41, 5.74) is 7.98. The minimum absolute atomic E-state index is 0.191. The number of benzene rings is 1. The number of hydrogen-bond acceptors (Lipinski definition) is 2. The fourth-order valence-electron chi connectivity index (χ4n) is 1.36. The normalized spacial score (nSPS) is 9.87. The van der Waals surface area contributed by atoms with Crippen LogP contribution in [0.4, 0.5) is 5.69 Å². The van der Waals surface area contributed by atoms with Crippen molar-refractivity contribution in [1.82, 2.24) is 0 Å². The molecular formula is C10H13ClN2OS. The Labute approximate surface area is 99.6 Å². The van der Waals surface area contributed by atoms with Gasteiger partial charge < -0.3 is 15.8 Å². The molecule has 0 bridgehead atoms. The van der Waals surface area contributed by atoms with Crippen molar-refractivity contribution in [3.8, 4) is 5.75 Å². The van der Waals surface area contributed by atoms with Crippen molar-refractivity contribution in [2.45, 2.75) is 13.8 Å². The topological polar surface area (TPSA) is 47.3 Å². The molecule has 0 atom stereocenters. The van der Waals surface area contributed by atoms with Gasteiger partial charge in [-0.05, 0) is 43.3 Å². The number of anilines is 1. The first-order chi connectivity index (χ1) is 6.97. The van der Waals surface area contributed by atoms with E-state index in [9.17, 15) is 0 Å². The molecule has 0 aromatic heterocycles. The molecule has 0 unspecified atom stereocenters. The van der Waals surface area contributed by atoms with Gasteiger partial charge in [0.2, 0.25) is 0 Å². The molecule has 0 amide bonds. The second-order valence-electron chi connectivity index (χ2n) is 3.20. The van der Waals surface area contributed by atoms with E-state index in [4.69, 9.17) is 34.3 Å². The number of thiocarbonyl (C=S) groups is 1. The van der Waals surface area contributed by atoms with Gasteiger partial charge in [-0.25, -0.2) is 0 Å². The summed E-state index contributed by atoms with van der Waals surface area (Å²) in [4.78, 5) is 0. The average Bonchev–Trinajstić information content (AvgIpc) is 2.18. The van der Waals surface area contributed by atoms with Gasteiger partial charge in [-0.15, -0.1) is 0 Å². The molecule has 82 valence electrons. The first-order valence-corrected chi connectivity index (χ1v) is 5.16. The summed E-state index contributed by atoms with van der Waals surface area (Å²) in [5, 5.41) is 3.74. The predicted octanol–water partition coefficient (Wildman–Crippen LogP) is 2.62. The average molecular weight is 245 g/mol. The molecule has 0 aliphatic carbocycles. The number of aryl methyl sites for hydroxylation is 1. The number of halogens is 1. The predicted molar refractivity (Wildman–Crippen MR) is 67.9 cm³/mol. The molecule has 3 N–H and O–H groups in total. The summed E-state index contributed by atoms with van der Waals surface area (Å²) in [6.07, 6.45) is 0. The van der Waals surface area contributed by atoms with E-state index < -0.39 is 0 Å². The summed E-state index contributed by atoms with van der Waals surface area (Å²) in [7, 11) is 1.59. The van der Waals surface area contributed by atoms with Crippen LogP contribution in [0.25, 0.3) is 0 Å². The molecule has 1 rings (SSSR count). The van der Waals surface area contributed by atoms with Gasteiger partial charge in [-0.2, -0.15) is 0 Å². The van der Waals surface area contributed by atoms with E-state index in [1.807, 2.05) is 19.9 Å². The van der Waals surface area contributed by atoms with Crippen LogP contribution in [-0.4, -0.2) is 12.2 Å². The van der Waals surface area contributed by atoms with E-state index in [0.717, 1.165) is 16.8 Å². The lowest BCUT2D eigenvalue weighted by molar-refractivity contribution is 0.416. The van der Waals surface area contributed by atoms with E-state index in [1.54, 1.807) is 7.11 Å². The van der Waals surface area contributed by atoms with Crippen LogP contribution in [-0.2, 0) is 0 Å². The van der Waals surface area contributed by atoms with Crippen molar-refractivity contribution in [1.29, 1.82) is 0 Å². The molecule has 5 heteroatoms. The molecule has 0 radical (unpaired) electrons. The Bertz CT molecular complexity index is 407. The minimum Gasteiger partial charge on any atom is -0.495 e. The second-order valence-corrected chi connectivity index (χ2v) is 4.02. The summed E-state index contributed by atoms with van der Waals surface area (Å²) >= 11 is 10.9. The van der Waals surface area contributed by atoms with E-state index in [-0.39, 0.29) is 5.11 Å². The molecule has 0 aliphatic heterocycles. The van der Waals surface area contributed by atoms with Crippen LogP contribution >= 0.6 is 23.8 Å². The van der Waals surface area contributed by atoms with Gasteiger partial charge in [0, 0.05) is 5.02 Å². The van der Waals surface area contributed by atoms with Crippen molar-refractivity contribution in [2.75, 3.05) is 12.4 Å². The Morgan fingerprint density at radius 2 is 2.13 bits per heavy atom. The number of hydrogen-bond donors (Lipinski definition) is 2. The smallest absolute Gasteiger partial charge is 0.168 e. The molecule has 0 aliphatic rings. The van der Waals surface area contributed by atoms with Gasteiger partial charge in [0.25, 0.3) is 0 Å². The zero-order chi connectivity index (χ0) is 11.6. The van der Waals surface area contributed by atoms with Crippen molar-refractivity contribution < 1.29 is 4.74 Å². The number of methoxy groups -OCH3 is 1. The van der Waals surface area contributed by atoms with Gasteiger partial charge in [0.15, 0.2) is 5.11 Å². The Morgan fingerprint density at radius 1 is 1.53 bits per heavy atom. The summed E-state index contributed by atoms with van der Waals surface area (Å²) in [6.45, 7) is 3.81. The van der Waals surface area contributed by atoms with Crippen LogP contribution in [0.3, 0.4) is 0 Å². The Kier molecular flexibility index (Phi) is 3.77. The molecule has 1 aromatic carbocycles. The highest BCUT2D eigenvalue weighted by atomic mass is 35.5. The van der Waals surface area contributed by atoms with Crippen LogP contribution in [0.5, 0.6) is 5.75 Å². The van der Waals surface area contributed by atoms with E-state index in [0.29, 0.717) is 10.8 Å². The van der Waals surface area contributed by atoms with Crippen molar-refractivity contribution in [3.05, 3.63) is 22.2 Å². The molecule has 3 nitrogen and oxygen atoms in total. The minimum atomic E-state index is 0.191. The van der Waals surface area contributed by atoms with Crippen LogP contribution < -0.4 is 15.8 Å². The molecule has 0 spiro atoms. The maximum Gasteiger partial charge on any atom is 0.168 e. The SMILES string of the molecule is COc1cc(C)c(Cl)c(C)c1NC(N)=S.